The lowest BCUT2D eigenvalue weighted by atomic mass is 10.1. The fraction of sp³-hybridized carbons (Fsp3) is 0.933. The Bertz CT molecular complexity index is 281. The lowest BCUT2D eigenvalue weighted by molar-refractivity contribution is 0.0260. The molecule has 1 amide bonds. The molecular weight excluding hydrogens is 254 g/mol. The Balaban J connectivity index is 2.28. The van der Waals surface area contributed by atoms with Gasteiger partial charge in [0.2, 0.25) is 0 Å². The van der Waals surface area contributed by atoms with Gasteiger partial charge < -0.3 is 20.3 Å². The van der Waals surface area contributed by atoms with E-state index >= 15 is 0 Å². The Hall–Kier alpha value is -0.810. The number of hydrogen-bond donors (Lipinski definition) is 2. The van der Waals surface area contributed by atoms with Gasteiger partial charge in [-0.25, -0.2) is 4.79 Å². The molecule has 118 valence electrons. The first-order valence-electron chi connectivity index (χ1n) is 7.84. The van der Waals surface area contributed by atoms with E-state index in [4.69, 9.17) is 4.74 Å². The number of amides is 1. The maximum atomic E-state index is 12.0. The van der Waals surface area contributed by atoms with Crippen LogP contribution in [0.1, 0.15) is 47.0 Å². The molecule has 0 bridgehead atoms. The van der Waals surface area contributed by atoms with Crippen molar-refractivity contribution in [3.63, 3.8) is 0 Å². The van der Waals surface area contributed by atoms with E-state index in [9.17, 15) is 4.79 Å². The minimum atomic E-state index is -0.426. The van der Waals surface area contributed by atoms with Gasteiger partial charge in [-0.1, -0.05) is 0 Å². The second-order valence-corrected chi connectivity index (χ2v) is 6.39. The Morgan fingerprint density at radius 2 is 2.10 bits per heavy atom. The Labute approximate surface area is 123 Å². The summed E-state index contributed by atoms with van der Waals surface area (Å²) >= 11 is 0. The number of likely N-dealkylation sites (N-methyl/N-ethyl adjacent to an activating group) is 1. The smallest absolute Gasteiger partial charge is 0.410 e. The van der Waals surface area contributed by atoms with Gasteiger partial charge in [0.15, 0.2) is 0 Å². The van der Waals surface area contributed by atoms with E-state index in [1.807, 2.05) is 27.7 Å². The van der Waals surface area contributed by atoms with Gasteiger partial charge in [-0.2, -0.15) is 0 Å². The molecule has 0 aromatic heterocycles. The monoisotopic (exact) mass is 285 g/mol. The third-order valence-corrected chi connectivity index (χ3v) is 3.42. The fourth-order valence-corrected chi connectivity index (χ4v) is 2.33. The van der Waals surface area contributed by atoms with E-state index in [1.54, 1.807) is 4.90 Å². The van der Waals surface area contributed by atoms with Gasteiger partial charge in [-0.15, -0.1) is 0 Å². The van der Waals surface area contributed by atoms with Crippen molar-refractivity contribution in [3.05, 3.63) is 0 Å². The van der Waals surface area contributed by atoms with Crippen molar-refractivity contribution in [1.82, 2.24) is 15.5 Å². The highest BCUT2D eigenvalue weighted by Crippen LogP contribution is 2.10. The summed E-state index contributed by atoms with van der Waals surface area (Å²) in [6.45, 7) is 12.1. The fourth-order valence-electron chi connectivity index (χ4n) is 2.33. The van der Waals surface area contributed by atoms with Crippen LogP contribution in [0.2, 0.25) is 0 Å². The SMILES string of the molecule is CCN(CCNC1CCCNCC1)C(=O)OC(C)(C)C. The van der Waals surface area contributed by atoms with Gasteiger partial charge in [0, 0.05) is 25.7 Å². The normalized spacial score (nSPS) is 20.3. The molecule has 20 heavy (non-hydrogen) atoms. The first kappa shape index (κ1) is 17.2. The van der Waals surface area contributed by atoms with Gasteiger partial charge in [0.25, 0.3) is 0 Å². The van der Waals surface area contributed by atoms with Gasteiger partial charge in [-0.05, 0) is 60.0 Å². The number of hydrogen-bond acceptors (Lipinski definition) is 4. The van der Waals surface area contributed by atoms with Crippen molar-refractivity contribution in [2.24, 2.45) is 0 Å². The zero-order valence-corrected chi connectivity index (χ0v) is 13.5. The number of carbonyl (C=O) groups excluding carboxylic acids is 1. The molecule has 1 fully saturated rings. The first-order valence-corrected chi connectivity index (χ1v) is 7.84. The van der Waals surface area contributed by atoms with Crippen LogP contribution in [0.25, 0.3) is 0 Å². The predicted molar refractivity (Wildman–Crippen MR) is 82.0 cm³/mol. The number of nitrogens with one attached hydrogen (secondary N) is 2. The van der Waals surface area contributed by atoms with Crippen molar-refractivity contribution in [2.75, 3.05) is 32.7 Å². The molecule has 2 N–H and O–H groups in total. The number of rotatable bonds is 5. The molecule has 1 aliphatic rings. The lowest BCUT2D eigenvalue weighted by Crippen LogP contribution is -2.42. The Morgan fingerprint density at radius 3 is 2.75 bits per heavy atom. The third-order valence-electron chi connectivity index (χ3n) is 3.42. The van der Waals surface area contributed by atoms with Crippen LogP contribution in [0, 0.1) is 0 Å². The van der Waals surface area contributed by atoms with Crippen molar-refractivity contribution in [3.8, 4) is 0 Å². The molecule has 1 heterocycles. The highest BCUT2D eigenvalue weighted by atomic mass is 16.6. The molecule has 1 rings (SSSR count). The van der Waals surface area contributed by atoms with Crippen LogP contribution < -0.4 is 10.6 Å². The van der Waals surface area contributed by atoms with E-state index in [2.05, 4.69) is 10.6 Å². The van der Waals surface area contributed by atoms with Gasteiger partial charge in [-0.3, -0.25) is 0 Å². The molecule has 0 aromatic rings. The molecule has 1 atom stereocenters. The summed E-state index contributed by atoms with van der Waals surface area (Å²) < 4.78 is 5.40. The molecule has 0 aromatic carbocycles. The van der Waals surface area contributed by atoms with Crippen LogP contribution in [0.3, 0.4) is 0 Å². The third kappa shape index (κ3) is 7.10. The molecule has 1 aliphatic heterocycles. The van der Waals surface area contributed by atoms with Crippen LogP contribution in [0.15, 0.2) is 0 Å². The van der Waals surface area contributed by atoms with Crippen LogP contribution in [-0.4, -0.2) is 55.4 Å². The summed E-state index contributed by atoms with van der Waals surface area (Å²) in [5, 5.41) is 6.96. The maximum absolute atomic E-state index is 12.0. The average Bonchev–Trinajstić information content (AvgIpc) is 2.61. The summed E-state index contributed by atoms with van der Waals surface area (Å²) in [5.41, 5.74) is -0.426. The molecular formula is C15H31N3O2. The van der Waals surface area contributed by atoms with E-state index in [-0.39, 0.29) is 6.09 Å². The Kier molecular flexibility index (Phi) is 7.30. The molecule has 1 unspecified atom stereocenters. The summed E-state index contributed by atoms with van der Waals surface area (Å²) in [4.78, 5) is 13.8. The molecule has 5 heteroatoms. The lowest BCUT2D eigenvalue weighted by Gasteiger charge is -2.27. The molecule has 0 spiro atoms. The number of carbonyl (C=O) groups is 1. The largest absolute Gasteiger partial charge is 0.444 e. The first-order chi connectivity index (χ1) is 9.42. The zero-order valence-electron chi connectivity index (χ0n) is 13.5. The minimum Gasteiger partial charge on any atom is -0.444 e. The van der Waals surface area contributed by atoms with Gasteiger partial charge in [0.1, 0.15) is 5.60 Å². The van der Waals surface area contributed by atoms with E-state index in [1.165, 1.54) is 19.3 Å². The molecule has 0 saturated carbocycles. The quantitative estimate of drug-likeness (QED) is 0.811. The van der Waals surface area contributed by atoms with Crippen molar-refractivity contribution in [1.29, 1.82) is 0 Å². The summed E-state index contributed by atoms with van der Waals surface area (Å²) in [7, 11) is 0. The zero-order chi connectivity index (χ0) is 15.0. The summed E-state index contributed by atoms with van der Waals surface area (Å²) in [6, 6.07) is 0.572. The number of nitrogens with zero attached hydrogens (tertiary/aromatic N) is 1. The predicted octanol–water partition coefficient (Wildman–Crippen LogP) is 1.98. The molecule has 1 saturated heterocycles. The molecule has 0 aliphatic carbocycles. The highest BCUT2D eigenvalue weighted by Gasteiger charge is 2.21. The van der Waals surface area contributed by atoms with E-state index in [0.29, 0.717) is 19.1 Å². The summed E-state index contributed by atoms with van der Waals surface area (Å²) in [6.07, 6.45) is 3.38. The second kappa shape index (κ2) is 8.47. The summed E-state index contributed by atoms with van der Waals surface area (Å²) in [5.74, 6) is 0. The van der Waals surface area contributed by atoms with Crippen LogP contribution in [-0.2, 0) is 4.74 Å². The van der Waals surface area contributed by atoms with Crippen molar-refractivity contribution >= 4 is 6.09 Å². The molecule has 0 radical (unpaired) electrons. The second-order valence-electron chi connectivity index (χ2n) is 6.39. The maximum Gasteiger partial charge on any atom is 0.410 e. The molecule has 5 nitrogen and oxygen atoms in total. The van der Waals surface area contributed by atoms with Gasteiger partial charge in [0.05, 0.1) is 0 Å². The van der Waals surface area contributed by atoms with Crippen LogP contribution in [0.5, 0.6) is 0 Å². The van der Waals surface area contributed by atoms with Crippen molar-refractivity contribution in [2.45, 2.75) is 58.6 Å². The van der Waals surface area contributed by atoms with Gasteiger partial charge >= 0.3 is 6.09 Å². The van der Waals surface area contributed by atoms with E-state index in [0.717, 1.165) is 19.6 Å². The topological polar surface area (TPSA) is 53.6 Å². The van der Waals surface area contributed by atoms with Crippen LogP contribution >= 0.6 is 0 Å². The number of ether oxygens (including phenoxy) is 1. The highest BCUT2D eigenvalue weighted by molar-refractivity contribution is 5.68. The van der Waals surface area contributed by atoms with Crippen LogP contribution in [0.4, 0.5) is 4.79 Å². The average molecular weight is 285 g/mol. The Morgan fingerprint density at radius 1 is 1.35 bits per heavy atom. The standard InChI is InChI=1S/C15H31N3O2/c1-5-18(14(19)20-15(2,3)4)12-11-17-13-7-6-9-16-10-8-13/h13,16-17H,5-12H2,1-4H3. The van der Waals surface area contributed by atoms with E-state index < -0.39 is 5.60 Å². The van der Waals surface area contributed by atoms with Crippen molar-refractivity contribution < 1.29 is 9.53 Å². The minimum absolute atomic E-state index is 0.218.